The Hall–Kier alpha value is -0.150. The Kier molecular flexibility index (Phi) is 40.3. The average Bonchev–Trinajstić information content (AvgIpc) is 1.35. The molecule has 0 bridgehead atoms. The average molecular weight is 178 g/mol. The second-order valence-corrected chi connectivity index (χ2v) is 0.752. The lowest BCUT2D eigenvalue weighted by atomic mass is 10.9. The van der Waals surface area contributed by atoms with Crippen LogP contribution in [0.25, 0.3) is 0 Å². The summed E-state index contributed by atoms with van der Waals surface area (Å²) in [5.74, 6) is 0. The number of nitrogens with two attached hydrogens (primary N) is 1. The molecule has 0 saturated heterocycles. The number of carbonyl (C=O) groups is 1. The summed E-state index contributed by atoms with van der Waals surface area (Å²) in [7, 11) is 0. The van der Waals surface area contributed by atoms with Crippen molar-refractivity contribution in [3.8, 4) is 0 Å². The molecule has 3 nitrogen and oxygen atoms in total. The molecule has 0 aromatic heterocycles. The molecule has 0 unspecified atom stereocenters. The van der Waals surface area contributed by atoms with Crippen LogP contribution in [0.1, 0.15) is 14.4 Å². The van der Waals surface area contributed by atoms with Crippen LogP contribution < -0.4 is 5.73 Å². The highest BCUT2D eigenvalue weighted by molar-refractivity contribution is 5.85. The molecular weight excluding hydrogens is 165 g/mol. The second-order valence-electron chi connectivity index (χ2n) is 0.752. The fraction of sp³-hybridized carbons (Fsp3) is 0.750. The highest BCUT2D eigenvalue weighted by atomic mass is 35.5. The van der Waals surface area contributed by atoms with Gasteiger partial charge in [-0.1, -0.05) is 7.43 Å². The van der Waals surface area contributed by atoms with Crippen LogP contribution in [0.15, 0.2) is 0 Å². The van der Waals surface area contributed by atoms with Gasteiger partial charge in [0.2, 0.25) is 0 Å². The molecule has 0 fully saturated rings. The van der Waals surface area contributed by atoms with Crippen LogP contribution in [0.4, 0.5) is 4.79 Å². The largest absolute Gasteiger partial charge is 0.450 e. The molecule has 0 heterocycles. The molecule has 1 amide bonds. The van der Waals surface area contributed by atoms with Gasteiger partial charge in [0.15, 0.2) is 0 Å². The van der Waals surface area contributed by atoms with Crippen molar-refractivity contribution in [3.63, 3.8) is 0 Å². The second kappa shape index (κ2) is 15.7. The maximum absolute atomic E-state index is 9.60. The predicted octanol–water partition coefficient (Wildman–Crippen LogP) is 1.58. The van der Waals surface area contributed by atoms with E-state index in [0.717, 1.165) is 0 Å². The lowest BCUT2D eigenvalue weighted by Gasteiger charge is -1.89. The SMILES string of the molecule is C.CCOC(N)=O.Cl.Cl. The fourth-order valence-electron chi connectivity index (χ4n) is 0.142. The van der Waals surface area contributed by atoms with E-state index in [1.54, 1.807) is 6.92 Å². The third-order valence-corrected chi connectivity index (χ3v) is 0.287. The highest BCUT2D eigenvalue weighted by Gasteiger charge is 1.82. The van der Waals surface area contributed by atoms with Crippen LogP contribution >= 0.6 is 24.8 Å². The van der Waals surface area contributed by atoms with Crippen LogP contribution in [0.3, 0.4) is 0 Å². The molecule has 2 N–H and O–H groups in total. The first-order chi connectivity index (χ1) is 2.77. The van der Waals surface area contributed by atoms with Crippen molar-refractivity contribution in [2.24, 2.45) is 5.73 Å². The molecule has 0 saturated carbocycles. The minimum absolute atomic E-state index is 0. The number of amides is 1. The highest BCUT2D eigenvalue weighted by Crippen LogP contribution is 1.66. The van der Waals surface area contributed by atoms with E-state index < -0.39 is 6.09 Å². The summed E-state index contributed by atoms with van der Waals surface area (Å²) in [6.07, 6.45) is -0.711. The number of hydrogen-bond donors (Lipinski definition) is 1. The summed E-state index contributed by atoms with van der Waals surface area (Å²) in [6, 6.07) is 0. The molecule has 0 aliphatic carbocycles. The first kappa shape index (κ1) is 23.2. The van der Waals surface area contributed by atoms with Gasteiger partial charge in [0, 0.05) is 0 Å². The number of primary amides is 1. The Morgan fingerprint density at radius 2 is 1.89 bits per heavy atom. The normalized spacial score (nSPS) is 5.00. The molecule has 60 valence electrons. The molecule has 0 aliphatic rings. The van der Waals surface area contributed by atoms with E-state index in [1.807, 2.05) is 0 Å². The Balaban J connectivity index is -0.0000000417. The Morgan fingerprint density at radius 3 is 1.89 bits per heavy atom. The van der Waals surface area contributed by atoms with Gasteiger partial charge in [0.1, 0.15) is 0 Å². The molecular formula is C4H13Cl2NO2. The first-order valence-electron chi connectivity index (χ1n) is 1.69. The number of rotatable bonds is 1. The minimum Gasteiger partial charge on any atom is -0.450 e. The maximum atomic E-state index is 9.60. The summed E-state index contributed by atoms with van der Waals surface area (Å²) in [4.78, 5) is 9.60. The van der Waals surface area contributed by atoms with Gasteiger partial charge in [-0.05, 0) is 6.92 Å². The summed E-state index contributed by atoms with van der Waals surface area (Å²) in [6.45, 7) is 2.06. The number of ether oxygens (including phenoxy) is 1. The van der Waals surface area contributed by atoms with Crippen molar-refractivity contribution in [3.05, 3.63) is 0 Å². The zero-order valence-corrected chi connectivity index (χ0v) is 6.05. The van der Waals surface area contributed by atoms with Crippen molar-refractivity contribution >= 4 is 30.9 Å². The van der Waals surface area contributed by atoms with E-state index in [1.165, 1.54) is 0 Å². The van der Waals surface area contributed by atoms with Crippen LogP contribution in [-0.4, -0.2) is 12.7 Å². The topological polar surface area (TPSA) is 52.3 Å². The minimum atomic E-state index is -0.711. The van der Waals surface area contributed by atoms with Crippen LogP contribution in [0.5, 0.6) is 0 Å². The summed E-state index contributed by atoms with van der Waals surface area (Å²) < 4.78 is 4.18. The molecule has 5 heteroatoms. The number of hydrogen-bond acceptors (Lipinski definition) is 2. The van der Waals surface area contributed by atoms with Crippen LogP contribution in [0, 0.1) is 0 Å². The van der Waals surface area contributed by atoms with Gasteiger partial charge in [-0.15, -0.1) is 24.8 Å². The molecule has 0 aliphatic heterocycles. The summed E-state index contributed by atoms with van der Waals surface area (Å²) >= 11 is 0. The molecule has 9 heavy (non-hydrogen) atoms. The van der Waals surface area contributed by atoms with Gasteiger partial charge >= 0.3 is 6.09 Å². The van der Waals surface area contributed by atoms with Gasteiger partial charge in [-0.25, -0.2) is 4.79 Å². The first-order valence-corrected chi connectivity index (χ1v) is 1.69. The van der Waals surface area contributed by atoms with Crippen molar-refractivity contribution in [1.29, 1.82) is 0 Å². The lowest BCUT2D eigenvalue weighted by molar-refractivity contribution is 0.163. The van der Waals surface area contributed by atoms with Crippen LogP contribution in [0.2, 0.25) is 0 Å². The third-order valence-electron chi connectivity index (χ3n) is 0.287. The zero-order chi connectivity index (χ0) is 4.99. The molecule has 0 aromatic carbocycles. The van der Waals surface area contributed by atoms with Crippen molar-refractivity contribution in [1.82, 2.24) is 0 Å². The number of carbonyl (C=O) groups excluding carboxylic acids is 1. The van der Waals surface area contributed by atoms with E-state index in [-0.39, 0.29) is 32.2 Å². The van der Waals surface area contributed by atoms with Crippen molar-refractivity contribution in [2.75, 3.05) is 6.61 Å². The van der Waals surface area contributed by atoms with Gasteiger partial charge in [-0.3, -0.25) is 0 Å². The van der Waals surface area contributed by atoms with Gasteiger partial charge in [0.25, 0.3) is 0 Å². The van der Waals surface area contributed by atoms with Gasteiger partial charge in [-0.2, -0.15) is 0 Å². The molecule has 0 atom stereocenters. The standard InChI is InChI=1S/C3H7NO2.CH4.2ClH/c1-2-6-3(4)5;;;/h2H2,1H3,(H2,4,5);1H4;2*1H. The molecule has 0 radical (unpaired) electrons. The van der Waals surface area contributed by atoms with E-state index in [4.69, 9.17) is 0 Å². The Labute approximate surface area is 67.8 Å². The monoisotopic (exact) mass is 177 g/mol. The predicted molar refractivity (Wildman–Crippen MR) is 42.4 cm³/mol. The van der Waals surface area contributed by atoms with E-state index in [9.17, 15) is 4.79 Å². The van der Waals surface area contributed by atoms with Crippen molar-refractivity contribution < 1.29 is 9.53 Å². The summed E-state index contributed by atoms with van der Waals surface area (Å²) in [5.41, 5.74) is 4.54. The molecule has 0 rings (SSSR count). The third kappa shape index (κ3) is 33.1. The van der Waals surface area contributed by atoms with E-state index >= 15 is 0 Å². The fourth-order valence-corrected chi connectivity index (χ4v) is 0.142. The Bertz CT molecular complexity index is 60.5. The maximum Gasteiger partial charge on any atom is 0.404 e. The number of halogens is 2. The smallest absolute Gasteiger partial charge is 0.404 e. The molecule has 0 aromatic rings. The van der Waals surface area contributed by atoms with Crippen molar-refractivity contribution in [2.45, 2.75) is 14.4 Å². The Morgan fingerprint density at radius 1 is 1.56 bits per heavy atom. The van der Waals surface area contributed by atoms with Gasteiger partial charge in [0.05, 0.1) is 6.61 Å². The lowest BCUT2D eigenvalue weighted by Crippen LogP contribution is -2.11. The van der Waals surface area contributed by atoms with Gasteiger partial charge < -0.3 is 10.5 Å². The van der Waals surface area contributed by atoms with E-state index in [2.05, 4.69) is 10.5 Å². The quantitative estimate of drug-likeness (QED) is 0.662. The van der Waals surface area contributed by atoms with Crippen LogP contribution in [-0.2, 0) is 4.74 Å². The summed E-state index contributed by atoms with van der Waals surface area (Å²) in [5, 5.41) is 0. The zero-order valence-electron chi connectivity index (χ0n) is 4.42. The molecule has 0 spiro atoms. The van der Waals surface area contributed by atoms with E-state index in [0.29, 0.717) is 6.61 Å².